The topological polar surface area (TPSA) is 22.1 Å². The average molecular weight is 322 g/mol. The van der Waals surface area contributed by atoms with Gasteiger partial charge in [0.05, 0.1) is 5.56 Å². The maximum atomic E-state index is 12.6. The molecule has 1 aromatic carbocycles. The lowest BCUT2D eigenvalue weighted by Gasteiger charge is -2.10. The van der Waals surface area contributed by atoms with Crippen LogP contribution in [-0.2, 0) is 6.18 Å². The molecule has 0 bridgehead atoms. The minimum atomic E-state index is -4.51. The van der Waals surface area contributed by atoms with Crippen LogP contribution in [0.2, 0.25) is 10.2 Å². The van der Waals surface area contributed by atoms with E-state index < -0.39 is 11.7 Å². The van der Waals surface area contributed by atoms with Gasteiger partial charge in [0.25, 0.3) is 0 Å². The first-order chi connectivity index (χ1) is 9.25. The third-order valence-corrected chi connectivity index (χ3v) is 3.07. The van der Waals surface area contributed by atoms with Crippen LogP contribution in [0.15, 0.2) is 30.3 Å². The van der Waals surface area contributed by atoms with Crippen molar-refractivity contribution < 1.29 is 17.9 Å². The van der Waals surface area contributed by atoms with Gasteiger partial charge in [-0.3, -0.25) is 0 Å². The van der Waals surface area contributed by atoms with Crippen LogP contribution >= 0.6 is 23.2 Å². The van der Waals surface area contributed by atoms with Crippen molar-refractivity contribution in [2.75, 3.05) is 0 Å². The molecule has 106 valence electrons. The van der Waals surface area contributed by atoms with Crippen molar-refractivity contribution in [2.45, 2.75) is 13.1 Å². The van der Waals surface area contributed by atoms with Crippen LogP contribution in [-0.4, -0.2) is 4.98 Å². The number of alkyl halides is 3. The summed E-state index contributed by atoms with van der Waals surface area (Å²) >= 11 is 11.4. The summed E-state index contributed by atoms with van der Waals surface area (Å²) < 4.78 is 43.2. The van der Waals surface area contributed by atoms with Gasteiger partial charge in [-0.1, -0.05) is 23.2 Å². The van der Waals surface area contributed by atoms with Crippen LogP contribution < -0.4 is 4.74 Å². The first-order valence-electron chi connectivity index (χ1n) is 5.44. The van der Waals surface area contributed by atoms with Gasteiger partial charge in [0, 0.05) is 11.1 Å². The normalized spacial score (nSPS) is 11.5. The molecule has 1 heterocycles. The predicted octanol–water partition coefficient (Wildman–Crippen LogP) is 5.51. The van der Waals surface area contributed by atoms with E-state index in [0.717, 1.165) is 17.7 Å². The molecule has 0 aliphatic heterocycles. The van der Waals surface area contributed by atoms with E-state index in [4.69, 9.17) is 27.9 Å². The Morgan fingerprint density at radius 3 is 2.40 bits per heavy atom. The van der Waals surface area contributed by atoms with Crippen molar-refractivity contribution in [1.29, 1.82) is 0 Å². The van der Waals surface area contributed by atoms with Crippen molar-refractivity contribution in [1.82, 2.24) is 4.98 Å². The number of halogens is 5. The smallest absolute Gasteiger partial charge is 0.416 e. The van der Waals surface area contributed by atoms with Gasteiger partial charge >= 0.3 is 6.18 Å². The Morgan fingerprint density at radius 2 is 1.80 bits per heavy atom. The van der Waals surface area contributed by atoms with Crippen molar-refractivity contribution in [3.8, 4) is 11.6 Å². The first-order valence-corrected chi connectivity index (χ1v) is 6.20. The van der Waals surface area contributed by atoms with Crippen LogP contribution in [0.4, 0.5) is 13.2 Å². The second-order valence-corrected chi connectivity index (χ2v) is 4.82. The molecule has 0 N–H and O–H groups in total. The van der Waals surface area contributed by atoms with Crippen LogP contribution in [0, 0.1) is 6.92 Å². The third-order valence-electron chi connectivity index (χ3n) is 2.45. The zero-order valence-electron chi connectivity index (χ0n) is 10.1. The highest BCUT2D eigenvalue weighted by atomic mass is 35.5. The molecule has 2 aromatic rings. The van der Waals surface area contributed by atoms with E-state index in [-0.39, 0.29) is 11.0 Å². The maximum absolute atomic E-state index is 12.6. The molecule has 0 aliphatic carbocycles. The van der Waals surface area contributed by atoms with Crippen molar-refractivity contribution in [2.24, 2.45) is 0 Å². The highest BCUT2D eigenvalue weighted by molar-refractivity contribution is 6.31. The molecule has 20 heavy (non-hydrogen) atoms. The maximum Gasteiger partial charge on any atom is 0.416 e. The van der Waals surface area contributed by atoms with Gasteiger partial charge in [-0.2, -0.15) is 13.2 Å². The molecule has 0 amide bonds. The molecule has 7 heteroatoms. The fourth-order valence-corrected chi connectivity index (χ4v) is 1.81. The number of ether oxygens (including phenoxy) is 1. The van der Waals surface area contributed by atoms with Crippen molar-refractivity contribution in [3.05, 3.63) is 51.6 Å². The van der Waals surface area contributed by atoms with Crippen LogP contribution in [0.5, 0.6) is 11.6 Å². The molecule has 2 nitrogen and oxygen atoms in total. The molecule has 1 aromatic heterocycles. The Balaban J connectivity index is 2.33. The molecule has 0 saturated carbocycles. The van der Waals surface area contributed by atoms with Crippen LogP contribution in [0.3, 0.4) is 0 Å². The minimum Gasteiger partial charge on any atom is -0.439 e. The second-order valence-electron chi connectivity index (χ2n) is 4.03. The van der Waals surface area contributed by atoms with E-state index in [1.807, 2.05) is 0 Å². The van der Waals surface area contributed by atoms with E-state index in [0.29, 0.717) is 10.8 Å². The van der Waals surface area contributed by atoms with E-state index >= 15 is 0 Å². The summed E-state index contributed by atoms with van der Waals surface area (Å²) in [6.07, 6.45) is -4.51. The Morgan fingerprint density at radius 1 is 1.10 bits per heavy atom. The first kappa shape index (κ1) is 14.9. The van der Waals surface area contributed by atoms with E-state index in [9.17, 15) is 13.2 Å². The van der Waals surface area contributed by atoms with Crippen molar-refractivity contribution >= 4 is 23.2 Å². The SMILES string of the molecule is Cc1cc(Oc2cc(C(F)(F)F)cc(Cl)n2)ccc1Cl. The lowest BCUT2D eigenvalue weighted by molar-refractivity contribution is -0.137. The Labute approximate surface area is 123 Å². The van der Waals surface area contributed by atoms with Crippen LogP contribution in [0.25, 0.3) is 0 Å². The summed E-state index contributed by atoms with van der Waals surface area (Å²) in [5.41, 5.74) is -0.180. The number of hydrogen-bond acceptors (Lipinski definition) is 2. The number of nitrogens with zero attached hydrogens (tertiary/aromatic N) is 1. The molecule has 0 spiro atoms. The average Bonchev–Trinajstić information content (AvgIpc) is 2.32. The lowest BCUT2D eigenvalue weighted by atomic mass is 10.2. The minimum absolute atomic E-state index is 0.230. The second kappa shape index (κ2) is 5.50. The van der Waals surface area contributed by atoms with E-state index in [1.165, 1.54) is 6.07 Å². The zero-order valence-corrected chi connectivity index (χ0v) is 11.6. The molecule has 2 rings (SSSR count). The quantitative estimate of drug-likeness (QED) is 0.680. The molecular formula is C13H8Cl2F3NO. The summed E-state index contributed by atoms with van der Waals surface area (Å²) in [6, 6.07) is 6.24. The number of benzene rings is 1. The molecule has 0 saturated heterocycles. The summed E-state index contributed by atoms with van der Waals surface area (Å²) in [5.74, 6) is 0.0985. The van der Waals surface area contributed by atoms with Gasteiger partial charge in [0.1, 0.15) is 10.9 Å². The molecule has 0 aliphatic rings. The van der Waals surface area contributed by atoms with Gasteiger partial charge in [-0.05, 0) is 36.8 Å². The highest BCUT2D eigenvalue weighted by Crippen LogP contribution is 2.34. The summed E-state index contributed by atoms with van der Waals surface area (Å²) in [7, 11) is 0. The number of rotatable bonds is 2. The standard InChI is InChI=1S/C13H8Cl2F3NO/c1-7-4-9(2-3-10(7)14)20-12-6-8(13(16,17)18)5-11(15)19-12/h2-6H,1H3. The summed E-state index contributed by atoms with van der Waals surface area (Å²) in [6.45, 7) is 1.75. The van der Waals surface area contributed by atoms with Crippen molar-refractivity contribution in [3.63, 3.8) is 0 Å². The van der Waals surface area contributed by atoms with Gasteiger partial charge in [-0.25, -0.2) is 4.98 Å². The summed E-state index contributed by atoms with van der Waals surface area (Å²) in [4.78, 5) is 3.70. The van der Waals surface area contributed by atoms with Gasteiger partial charge in [0.15, 0.2) is 0 Å². The number of aromatic nitrogens is 1. The Bertz CT molecular complexity index is 644. The third kappa shape index (κ3) is 3.55. The molecule has 0 radical (unpaired) electrons. The number of pyridine rings is 1. The highest BCUT2D eigenvalue weighted by Gasteiger charge is 2.31. The number of hydrogen-bond donors (Lipinski definition) is 0. The van der Waals surface area contributed by atoms with Gasteiger partial charge in [0.2, 0.25) is 5.88 Å². The van der Waals surface area contributed by atoms with E-state index in [1.54, 1.807) is 19.1 Å². The molecular weight excluding hydrogens is 314 g/mol. The Kier molecular flexibility index (Phi) is 4.11. The zero-order chi connectivity index (χ0) is 14.9. The molecule has 0 unspecified atom stereocenters. The fraction of sp³-hybridized carbons (Fsp3) is 0.154. The Hall–Kier alpha value is -1.46. The van der Waals surface area contributed by atoms with Gasteiger partial charge in [-0.15, -0.1) is 0 Å². The largest absolute Gasteiger partial charge is 0.439 e. The summed E-state index contributed by atoms with van der Waals surface area (Å²) in [5, 5.41) is 0.243. The molecule has 0 fully saturated rings. The van der Waals surface area contributed by atoms with Crippen LogP contribution in [0.1, 0.15) is 11.1 Å². The predicted molar refractivity (Wildman–Crippen MR) is 70.5 cm³/mol. The molecule has 0 atom stereocenters. The van der Waals surface area contributed by atoms with Gasteiger partial charge < -0.3 is 4.74 Å². The lowest BCUT2D eigenvalue weighted by Crippen LogP contribution is -2.05. The fourth-order valence-electron chi connectivity index (χ4n) is 1.49. The van der Waals surface area contributed by atoms with E-state index in [2.05, 4.69) is 4.98 Å². The monoisotopic (exact) mass is 321 g/mol. The number of aryl methyl sites for hydroxylation is 1.